The maximum Gasteiger partial charge on any atom is 0.254 e. The number of ether oxygens (including phenoxy) is 1. The molecule has 0 aromatic heterocycles. The summed E-state index contributed by atoms with van der Waals surface area (Å²) >= 11 is 12.1. The van der Waals surface area contributed by atoms with Gasteiger partial charge in [-0.15, -0.1) is 0 Å². The lowest BCUT2D eigenvalue weighted by Crippen LogP contribution is -2.42. The fourth-order valence-electron chi connectivity index (χ4n) is 4.29. The van der Waals surface area contributed by atoms with Crippen molar-refractivity contribution in [2.24, 2.45) is 0 Å². The molecule has 0 spiro atoms. The second-order valence-corrected chi connectivity index (χ2v) is 9.66. The molecule has 3 aromatic carbocycles. The lowest BCUT2D eigenvalue weighted by molar-refractivity contribution is -0.116. The van der Waals surface area contributed by atoms with E-state index in [-0.39, 0.29) is 18.4 Å². The van der Waals surface area contributed by atoms with Gasteiger partial charge in [0.2, 0.25) is 5.91 Å². The van der Waals surface area contributed by atoms with Crippen LogP contribution < -0.4 is 10.1 Å². The highest BCUT2D eigenvalue weighted by molar-refractivity contribution is 6.35. The van der Waals surface area contributed by atoms with Crippen LogP contribution in [0.4, 0.5) is 5.69 Å². The van der Waals surface area contributed by atoms with E-state index in [1.165, 1.54) is 0 Å². The van der Waals surface area contributed by atoms with Crippen LogP contribution in [0, 0.1) is 0 Å². The van der Waals surface area contributed by atoms with Crippen molar-refractivity contribution in [3.8, 4) is 16.9 Å². The Bertz CT molecular complexity index is 1170. The highest BCUT2D eigenvalue weighted by Crippen LogP contribution is 2.24. The molecule has 1 heterocycles. The molecule has 36 heavy (non-hydrogen) atoms. The van der Waals surface area contributed by atoms with Crippen LogP contribution in [0.2, 0.25) is 10.0 Å². The molecule has 1 saturated heterocycles. The van der Waals surface area contributed by atoms with Gasteiger partial charge >= 0.3 is 0 Å². The molecular formula is C28H29Cl2N3O3. The van der Waals surface area contributed by atoms with Crippen LogP contribution >= 0.6 is 23.2 Å². The van der Waals surface area contributed by atoms with Crippen molar-refractivity contribution >= 4 is 40.7 Å². The van der Waals surface area contributed by atoms with Crippen molar-refractivity contribution in [3.63, 3.8) is 0 Å². The molecule has 0 radical (unpaired) electrons. The van der Waals surface area contributed by atoms with Gasteiger partial charge < -0.3 is 19.9 Å². The molecule has 3 aromatic rings. The number of nitrogens with zero attached hydrogens (tertiary/aromatic N) is 2. The molecule has 1 N–H and O–H groups in total. The summed E-state index contributed by atoms with van der Waals surface area (Å²) < 4.78 is 5.22. The van der Waals surface area contributed by atoms with Crippen molar-refractivity contribution < 1.29 is 14.3 Å². The lowest BCUT2D eigenvalue weighted by Gasteiger charge is -2.25. The quantitative estimate of drug-likeness (QED) is 0.380. The van der Waals surface area contributed by atoms with Crippen molar-refractivity contribution in [1.29, 1.82) is 0 Å². The number of amides is 2. The standard InChI is InChI=1S/C28H29Cl2N3O3/c1-36-26-10-8-21(9-11-26)20-4-6-22(7-5-20)28(35)33(15-14-32-12-2-3-13-32)19-27(34)31-25-17-23(29)16-24(30)18-25/h4-11,16-18H,2-3,12-15,19H2,1H3,(H,31,34). The molecule has 0 unspecified atom stereocenters. The van der Waals surface area contributed by atoms with E-state index >= 15 is 0 Å². The average molecular weight is 526 g/mol. The Morgan fingerprint density at radius 2 is 1.50 bits per heavy atom. The number of nitrogens with one attached hydrogen (secondary N) is 1. The third-order valence-electron chi connectivity index (χ3n) is 6.21. The minimum Gasteiger partial charge on any atom is -0.497 e. The van der Waals surface area contributed by atoms with Crippen molar-refractivity contribution in [2.45, 2.75) is 12.8 Å². The zero-order valence-corrected chi connectivity index (χ0v) is 21.7. The van der Waals surface area contributed by atoms with E-state index < -0.39 is 0 Å². The van der Waals surface area contributed by atoms with Gasteiger partial charge in [0.15, 0.2) is 0 Å². The van der Waals surface area contributed by atoms with Crippen LogP contribution in [0.15, 0.2) is 66.7 Å². The molecule has 0 bridgehead atoms. The zero-order chi connectivity index (χ0) is 25.5. The van der Waals surface area contributed by atoms with Crippen LogP contribution in [0.5, 0.6) is 5.75 Å². The zero-order valence-electron chi connectivity index (χ0n) is 20.2. The summed E-state index contributed by atoms with van der Waals surface area (Å²) in [4.78, 5) is 30.2. The second-order valence-electron chi connectivity index (χ2n) is 8.79. The molecule has 1 aliphatic rings. The number of methoxy groups -OCH3 is 1. The molecule has 1 aliphatic heterocycles. The fourth-order valence-corrected chi connectivity index (χ4v) is 4.82. The Kier molecular flexibility index (Phi) is 8.86. The molecule has 8 heteroatoms. The molecular weight excluding hydrogens is 497 g/mol. The topological polar surface area (TPSA) is 61.9 Å². The van der Waals surface area contributed by atoms with Crippen molar-refractivity contribution in [1.82, 2.24) is 9.80 Å². The van der Waals surface area contributed by atoms with Gasteiger partial charge in [0.05, 0.1) is 7.11 Å². The summed E-state index contributed by atoms with van der Waals surface area (Å²) in [6, 6.07) is 20.1. The van der Waals surface area contributed by atoms with Gasteiger partial charge in [0.1, 0.15) is 12.3 Å². The number of hydrogen-bond donors (Lipinski definition) is 1. The minimum atomic E-state index is -0.307. The number of likely N-dealkylation sites (tertiary alicyclic amines) is 1. The molecule has 6 nitrogen and oxygen atoms in total. The van der Waals surface area contributed by atoms with E-state index in [2.05, 4.69) is 10.2 Å². The van der Waals surface area contributed by atoms with Crippen LogP contribution in [0.25, 0.3) is 11.1 Å². The molecule has 1 fully saturated rings. The summed E-state index contributed by atoms with van der Waals surface area (Å²) in [6.45, 7) is 3.16. The van der Waals surface area contributed by atoms with E-state index in [1.807, 2.05) is 36.4 Å². The monoisotopic (exact) mass is 525 g/mol. The van der Waals surface area contributed by atoms with Crippen LogP contribution in [0.3, 0.4) is 0 Å². The first-order valence-corrected chi connectivity index (χ1v) is 12.7. The SMILES string of the molecule is COc1ccc(-c2ccc(C(=O)N(CCN3CCCC3)CC(=O)Nc3cc(Cl)cc(Cl)c3)cc2)cc1. The predicted octanol–water partition coefficient (Wildman–Crippen LogP) is 5.85. The first-order valence-electron chi connectivity index (χ1n) is 11.9. The normalized spacial score (nSPS) is 13.4. The number of anilines is 1. The van der Waals surface area contributed by atoms with Gasteiger partial charge in [-0.3, -0.25) is 9.59 Å². The van der Waals surface area contributed by atoms with Gasteiger partial charge in [-0.05, 0) is 79.5 Å². The number of hydrogen-bond acceptors (Lipinski definition) is 4. The summed E-state index contributed by atoms with van der Waals surface area (Å²) in [5, 5.41) is 3.66. The largest absolute Gasteiger partial charge is 0.497 e. The van der Waals surface area contributed by atoms with E-state index in [1.54, 1.807) is 42.3 Å². The van der Waals surface area contributed by atoms with Gasteiger partial charge in [0.25, 0.3) is 5.91 Å². The summed E-state index contributed by atoms with van der Waals surface area (Å²) in [7, 11) is 1.63. The Balaban J connectivity index is 1.47. The number of benzene rings is 3. The molecule has 0 aliphatic carbocycles. The van der Waals surface area contributed by atoms with Crippen LogP contribution in [-0.4, -0.2) is 61.4 Å². The third kappa shape index (κ3) is 7.00. The average Bonchev–Trinajstić information content (AvgIpc) is 3.39. The Morgan fingerprint density at radius 3 is 2.08 bits per heavy atom. The molecule has 0 saturated carbocycles. The van der Waals surface area contributed by atoms with Gasteiger partial charge in [-0.1, -0.05) is 47.5 Å². The van der Waals surface area contributed by atoms with Crippen molar-refractivity contribution in [3.05, 3.63) is 82.3 Å². The van der Waals surface area contributed by atoms with Crippen LogP contribution in [-0.2, 0) is 4.79 Å². The van der Waals surface area contributed by atoms with E-state index in [9.17, 15) is 9.59 Å². The smallest absolute Gasteiger partial charge is 0.254 e. The number of rotatable bonds is 9. The molecule has 0 atom stereocenters. The molecule has 2 amide bonds. The predicted molar refractivity (Wildman–Crippen MR) is 145 cm³/mol. The van der Waals surface area contributed by atoms with Gasteiger partial charge in [-0.25, -0.2) is 0 Å². The number of carbonyl (C=O) groups is 2. The Morgan fingerprint density at radius 1 is 0.917 bits per heavy atom. The third-order valence-corrected chi connectivity index (χ3v) is 6.64. The Hall–Kier alpha value is -3.06. The van der Waals surface area contributed by atoms with Crippen LogP contribution in [0.1, 0.15) is 23.2 Å². The highest BCUT2D eigenvalue weighted by Gasteiger charge is 2.21. The molecule has 4 rings (SSSR count). The number of halogens is 2. The fraction of sp³-hybridized carbons (Fsp3) is 0.286. The first-order chi connectivity index (χ1) is 17.4. The maximum absolute atomic E-state index is 13.4. The highest BCUT2D eigenvalue weighted by atomic mass is 35.5. The summed E-state index contributed by atoms with van der Waals surface area (Å²) in [6.07, 6.45) is 2.33. The molecule has 188 valence electrons. The second kappa shape index (κ2) is 12.3. The summed E-state index contributed by atoms with van der Waals surface area (Å²) in [5.41, 5.74) is 3.05. The maximum atomic E-state index is 13.4. The number of carbonyl (C=O) groups excluding carboxylic acids is 2. The summed E-state index contributed by atoms with van der Waals surface area (Å²) in [5.74, 6) is 0.297. The minimum absolute atomic E-state index is 0.0724. The Labute approximate surface area is 221 Å². The van der Waals surface area contributed by atoms with Gasteiger partial charge in [0, 0.05) is 34.4 Å². The lowest BCUT2D eigenvalue weighted by atomic mass is 10.0. The van der Waals surface area contributed by atoms with Gasteiger partial charge in [-0.2, -0.15) is 0 Å². The van der Waals surface area contributed by atoms with E-state index in [0.717, 1.165) is 49.4 Å². The van der Waals surface area contributed by atoms with E-state index in [0.29, 0.717) is 27.8 Å². The first kappa shape index (κ1) is 26.0. The van der Waals surface area contributed by atoms with E-state index in [4.69, 9.17) is 27.9 Å². The van der Waals surface area contributed by atoms with Crippen molar-refractivity contribution in [2.75, 3.05) is 45.2 Å².